The summed E-state index contributed by atoms with van der Waals surface area (Å²) in [5, 5.41) is 87.3. The summed E-state index contributed by atoms with van der Waals surface area (Å²) in [7, 11) is 0. The number of aliphatic hydroxyl groups excluding tert-OH is 8. The number of unbranched alkanes of at least 4 members (excludes halogenated alkanes) is 31. The van der Waals surface area contributed by atoms with Gasteiger partial charge in [-0.25, -0.2) is 0 Å². The van der Waals surface area contributed by atoms with Crippen LogP contribution in [-0.4, -0.2) is 140 Å². The first-order valence-corrected chi connectivity index (χ1v) is 33.7. The lowest BCUT2D eigenvalue weighted by atomic mass is 9.97. The van der Waals surface area contributed by atoms with E-state index in [9.17, 15) is 45.6 Å². The number of aliphatic hydroxyl groups is 8. The molecular weight excluding hydrogens is 1050 g/mol. The molecule has 0 aliphatic carbocycles. The van der Waals surface area contributed by atoms with Crippen molar-refractivity contribution in [3.8, 4) is 0 Å². The van der Waals surface area contributed by atoms with E-state index in [2.05, 4.69) is 79.9 Å². The fourth-order valence-corrected chi connectivity index (χ4v) is 10.8. The number of carbonyl (C=O) groups excluding carboxylic acids is 1. The lowest BCUT2D eigenvalue weighted by Gasteiger charge is -2.46. The molecule has 2 aliphatic heterocycles. The number of allylic oxidation sites excluding steroid dienone is 11. The Morgan fingerprint density at radius 2 is 0.843 bits per heavy atom. The Bertz CT molecular complexity index is 1670. The molecule has 0 radical (unpaired) electrons. The zero-order valence-corrected chi connectivity index (χ0v) is 52.2. The summed E-state index contributed by atoms with van der Waals surface area (Å²) >= 11 is 0. The molecule has 2 fully saturated rings. The minimum atomic E-state index is -1.80. The first-order valence-electron chi connectivity index (χ1n) is 33.7. The molecule has 9 N–H and O–H groups in total. The number of hydrogen-bond acceptors (Lipinski definition) is 13. The third kappa shape index (κ3) is 38.4. The van der Waals surface area contributed by atoms with Gasteiger partial charge in [-0.05, 0) is 70.6 Å². The molecule has 0 spiro atoms. The van der Waals surface area contributed by atoms with Crippen molar-refractivity contribution in [3.05, 3.63) is 72.9 Å². The van der Waals surface area contributed by atoms with E-state index in [0.717, 1.165) is 70.6 Å². The van der Waals surface area contributed by atoms with Gasteiger partial charge in [0.1, 0.15) is 48.8 Å². The average Bonchev–Trinajstić information content (AvgIpc) is 3.59. The van der Waals surface area contributed by atoms with Gasteiger partial charge < -0.3 is 65.1 Å². The van der Waals surface area contributed by atoms with Crippen molar-refractivity contribution in [1.82, 2.24) is 5.32 Å². The van der Waals surface area contributed by atoms with Gasteiger partial charge in [0.25, 0.3) is 0 Å². The molecule has 12 atom stereocenters. The van der Waals surface area contributed by atoms with Crippen molar-refractivity contribution >= 4 is 5.91 Å². The maximum absolute atomic E-state index is 13.3. The molecule has 1 amide bonds. The van der Waals surface area contributed by atoms with Crippen molar-refractivity contribution in [2.75, 3.05) is 19.8 Å². The molecule has 482 valence electrons. The van der Waals surface area contributed by atoms with E-state index in [1.54, 1.807) is 6.08 Å². The van der Waals surface area contributed by atoms with Gasteiger partial charge in [0.15, 0.2) is 12.6 Å². The highest BCUT2D eigenvalue weighted by Crippen LogP contribution is 2.30. The van der Waals surface area contributed by atoms with E-state index in [1.807, 2.05) is 6.08 Å². The summed E-state index contributed by atoms with van der Waals surface area (Å²) in [4.78, 5) is 13.3. The summed E-state index contributed by atoms with van der Waals surface area (Å²) in [6.07, 6.45) is 55.3. The minimum absolute atomic E-state index is 0.258. The zero-order valence-electron chi connectivity index (χ0n) is 52.2. The normalized spacial score (nSPS) is 24.3. The monoisotopic (exact) mass is 1170 g/mol. The summed E-state index contributed by atoms with van der Waals surface area (Å²) in [6.45, 7) is 2.68. The highest BCUT2D eigenvalue weighted by Gasteiger charge is 2.51. The first-order chi connectivity index (χ1) is 40.6. The maximum atomic E-state index is 13.3. The number of nitrogens with one attached hydrogen (secondary N) is 1. The van der Waals surface area contributed by atoms with Gasteiger partial charge in [0.05, 0.1) is 32.0 Å². The average molecular weight is 1170 g/mol. The Morgan fingerprint density at radius 1 is 0.446 bits per heavy atom. The third-order valence-electron chi connectivity index (χ3n) is 16.1. The Hall–Kier alpha value is -2.57. The summed E-state index contributed by atoms with van der Waals surface area (Å²) in [5.41, 5.74) is 0. The molecule has 83 heavy (non-hydrogen) atoms. The molecule has 14 nitrogen and oxygen atoms in total. The van der Waals surface area contributed by atoms with Crippen LogP contribution in [0.1, 0.15) is 264 Å². The molecular formula is C69H123NO13. The Kier molecular flexibility index (Phi) is 49.5. The fourth-order valence-electron chi connectivity index (χ4n) is 10.8. The Labute approximate surface area is 504 Å². The van der Waals surface area contributed by atoms with E-state index in [4.69, 9.17) is 18.9 Å². The quantitative estimate of drug-likeness (QED) is 0.0204. The van der Waals surface area contributed by atoms with Crippen LogP contribution in [0.15, 0.2) is 72.9 Å². The number of amides is 1. The third-order valence-corrected chi connectivity index (χ3v) is 16.1. The number of rotatable bonds is 54. The van der Waals surface area contributed by atoms with Gasteiger partial charge in [-0.3, -0.25) is 4.79 Å². The van der Waals surface area contributed by atoms with Crippen LogP contribution in [0, 0.1) is 0 Å². The highest BCUT2D eigenvalue weighted by molar-refractivity contribution is 5.76. The van der Waals surface area contributed by atoms with Crippen LogP contribution in [-0.2, 0) is 23.7 Å². The van der Waals surface area contributed by atoms with Crippen LogP contribution in [0.4, 0.5) is 0 Å². The van der Waals surface area contributed by atoms with Crippen LogP contribution < -0.4 is 5.32 Å². The van der Waals surface area contributed by atoms with Crippen molar-refractivity contribution in [1.29, 1.82) is 0 Å². The van der Waals surface area contributed by atoms with Crippen LogP contribution in [0.25, 0.3) is 0 Å². The topological polar surface area (TPSA) is 228 Å². The summed E-state index contributed by atoms with van der Waals surface area (Å²) < 4.78 is 22.8. The van der Waals surface area contributed by atoms with Gasteiger partial charge >= 0.3 is 0 Å². The molecule has 2 saturated heterocycles. The van der Waals surface area contributed by atoms with E-state index >= 15 is 0 Å². The van der Waals surface area contributed by atoms with Gasteiger partial charge in [-0.1, -0.05) is 260 Å². The van der Waals surface area contributed by atoms with Crippen molar-refractivity contribution in [2.45, 2.75) is 338 Å². The predicted molar refractivity (Wildman–Crippen MR) is 337 cm³/mol. The van der Waals surface area contributed by atoms with E-state index < -0.39 is 86.8 Å². The second-order valence-electron chi connectivity index (χ2n) is 23.6. The molecule has 2 aliphatic rings. The minimum Gasteiger partial charge on any atom is -0.394 e. The van der Waals surface area contributed by atoms with Gasteiger partial charge in [0.2, 0.25) is 5.91 Å². The highest BCUT2D eigenvalue weighted by atomic mass is 16.7. The van der Waals surface area contributed by atoms with Gasteiger partial charge in [-0.2, -0.15) is 0 Å². The number of carbonyl (C=O) groups is 1. The molecule has 14 heteroatoms. The first kappa shape index (κ1) is 76.5. The van der Waals surface area contributed by atoms with E-state index in [0.29, 0.717) is 12.8 Å². The standard InChI is InChI=1S/C69H123NO13/c1-3-5-7-9-11-13-15-17-19-21-23-25-26-27-28-29-30-31-33-34-36-38-40-42-44-46-48-50-52-58(73)57(56-80-68-66(79)64(77)67(60(55-72)82-68)83-69-65(78)63(76)62(75)59(54-71)81-69)70-61(74)53-51-49-47-45-43-41-39-37-35-32-24-22-20-18-16-14-12-10-8-6-4-2/h6,8,12,14,18,20,24,32,42,44,50,52,57-60,62-69,71-73,75-79H,3-5,7,9-11,13,15-17,19,21-23,25-31,33-41,43,45-49,51,53-56H2,1-2H3,(H,70,74)/b8-6-,14-12-,20-18-,32-24-,44-42+,52-50+. The number of hydrogen-bond donors (Lipinski definition) is 9. The molecule has 2 rings (SSSR count). The van der Waals surface area contributed by atoms with Crippen LogP contribution in [0.5, 0.6) is 0 Å². The van der Waals surface area contributed by atoms with E-state index in [-0.39, 0.29) is 18.9 Å². The van der Waals surface area contributed by atoms with Gasteiger partial charge in [0, 0.05) is 6.42 Å². The second kappa shape index (κ2) is 53.7. The molecule has 0 aromatic carbocycles. The van der Waals surface area contributed by atoms with Crippen molar-refractivity contribution in [2.24, 2.45) is 0 Å². The molecule has 2 heterocycles. The molecule has 0 bridgehead atoms. The largest absolute Gasteiger partial charge is 0.394 e. The lowest BCUT2D eigenvalue weighted by Crippen LogP contribution is -2.65. The van der Waals surface area contributed by atoms with Crippen molar-refractivity contribution < 1.29 is 64.6 Å². The van der Waals surface area contributed by atoms with E-state index in [1.165, 1.54) is 161 Å². The van der Waals surface area contributed by atoms with Crippen LogP contribution >= 0.6 is 0 Å². The van der Waals surface area contributed by atoms with Crippen LogP contribution in [0.2, 0.25) is 0 Å². The molecule has 0 aromatic heterocycles. The molecule has 12 unspecified atom stereocenters. The Balaban J connectivity index is 1.72. The smallest absolute Gasteiger partial charge is 0.220 e. The molecule has 0 saturated carbocycles. The molecule has 0 aromatic rings. The number of ether oxygens (including phenoxy) is 4. The van der Waals surface area contributed by atoms with Crippen LogP contribution in [0.3, 0.4) is 0 Å². The fraction of sp³-hybridized carbons (Fsp3) is 0.812. The SMILES string of the molecule is CC/C=C\C/C=C\C/C=C\C/C=C\CCCCCCCCCCC(=O)NC(COC1OC(CO)C(OC2OC(CO)C(O)C(O)C2O)C(O)C1O)C(O)/C=C/CC/C=C/CCCCCCCCCCCCCCCCCCCCCCCC. The summed E-state index contributed by atoms with van der Waals surface area (Å²) in [6, 6.07) is -0.941. The Morgan fingerprint density at radius 3 is 1.33 bits per heavy atom. The second-order valence-corrected chi connectivity index (χ2v) is 23.6. The van der Waals surface area contributed by atoms with Gasteiger partial charge in [-0.15, -0.1) is 0 Å². The zero-order chi connectivity index (χ0) is 60.2. The summed E-state index contributed by atoms with van der Waals surface area (Å²) in [5.74, 6) is -0.258. The van der Waals surface area contributed by atoms with Crippen molar-refractivity contribution in [3.63, 3.8) is 0 Å². The maximum Gasteiger partial charge on any atom is 0.220 e. The lowest BCUT2D eigenvalue weighted by molar-refractivity contribution is -0.359. The predicted octanol–water partition coefficient (Wildman–Crippen LogP) is 13.1.